The molecule has 0 aromatic heterocycles. The average molecular weight is 460 g/mol. The van der Waals surface area contributed by atoms with Gasteiger partial charge < -0.3 is 9.64 Å². The molecule has 29 heavy (non-hydrogen) atoms. The van der Waals surface area contributed by atoms with E-state index in [1.165, 1.54) is 11.3 Å². The number of amides is 1. The van der Waals surface area contributed by atoms with Gasteiger partial charge in [0.05, 0.1) is 10.7 Å². The number of anilines is 1. The molecule has 0 spiro atoms. The molecule has 2 aromatic rings. The summed E-state index contributed by atoms with van der Waals surface area (Å²) in [4.78, 5) is 14.3. The van der Waals surface area contributed by atoms with Crippen LogP contribution >= 0.6 is 15.9 Å². The summed E-state index contributed by atoms with van der Waals surface area (Å²) >= 11 is 3.51. The predicted octanol–water partition coefficient (Wildman–Crippen LogP) is 5.12. The molecule has 0 aliphatic rings. The number of hydrogen-bond donors (Lipinski definition) is 1. The van der Waals surface area contributed by atoms with Crippen molar-refractivity contribution in [1.82, 2.24) is 5.43 Å². The van der Waals surface area contributed by atoms with Gasteiger partial charge in [0.1, 0.15) is 5.75 Å². The minimum absolute atomic E-state index is 0.0523. The lowest BCUT2D eigenvalue weighted by Crippen LogP contribution is -2.24. The number of rotatable bonds is 8. The molecule has 0 fully saturated rings. The number of halogens is 1. The zero-order valence-electron chi connectivity index (χ0n) is 17.8. The van der Waals surface area contributed by atoms with Crippen LogP contribution in [-0.4, -0.2) is 31.8 Å². The molecule has 5 nitrogen and oxygen atoms in total. The fourth-order valence-corrected chi connectivity index (χ4v) is 3.29. The molecular weight excluding hydrogens is 430 g/mol. The van der Waals surface area contributed by atoms with Crippen molar-refractivity contribution in [3.8, 4) is 5.75 Å². The summed E-state index contributed by atoms with van der Waals surface area (Å²) in [5, 5.41) is 4.01. The van der Waals surface area contributed by atoms with Crippen LogP contribution in [0, 0.1) is 0 Å². The Morgan fingerprint density at radius 3 is 2.34 bits per heavy atom. The number of nitrogens with zero attached hydrogens (tertiary/aromatic N) is 2. The van der Waals surface area contributed by atoms with E-state index in [2.05, 4.69) is 78.1 Å². The first kappa shape index (κ1) is 22.9. The zero-order valence-corrected chi connectivity index (χ0v) is 19.4. The molecule has 0 unspecified atom stereocenters. The van der Waals surface area contributed by atoms with Crippen LogP contribution in [0.15, 0.2) is 52.0 Å². The van der Waals surface area contributed by atoms with Gasteiger partial charge >= 0.3 is 0 Å². The van der Waals surface area contributed by atoms with Gasteiger partial charge in [0, 0.05) is 18.8 Å². The molecule has 1 amide bonds. The Morgan fingerprint density at radius 1 is 1.14 bits per heavy atom. The minimum Gasteiger partial charge on any atom is -0.483 e. The molecule has 0 radical (unpaired) electrons. The van der Waals surface area contributed by atoms with Crippen molar-refractivity contribution in [2.24, 2.45) is 5.10 Å². The number of benzene rings is 2. The Hall–Kier alpha value is -2.34. The predicted molar refractivity (Wildman–Crippen MR) is 124 cm³/mol. The maximum absolute atomic E-state index is 12.0. The number of carbonyl (C=O) groups is 1. The van der Waals surface area contributed by atoms with Gasteiger partial charge in [-0.3, -0.25) is 4.79 Å². The second kappa shape index (κ2) is 10.4. The second-order valence-corrected chi connectivity index (χ2v) is 8.60. The third-order valence-corrected chi connectivity index (χ3v) is 5.20. The molecular formula is C23H30BrN3O2. The molecule has 0 saturated carbocycles. The molecule has 156 valence electrons. The van der Waals surface area contributed by atoms with E-state index in [0.29, 0.717) is 5.75 Å². The fraction of sp³-hybridized carbons (Fsp3) is 0.391. The van der Waals surface area contributed by atoms with Crippen molar-refractivity contribution in [3.05, 3.63) is 58.1 Å². The van der Waals surface area contributed by atoms with Crippen LogP contribution in [0.4, 0.5) is 5.69 Å². The van der Waals surface area contributed by atoms with Gasteiger partial charge in [0.15, 0.2) is 6.61 Å². The molecule has 0 aliphatic carbocycles. The third-order valence-electron chi connectivity index (χ3n) is 4.58. The topological polar surface area (TPSA) is 53.9 Å². The molecule has 0 atom stereocenters. The highest BCUT2D eigenvalue weighted by molar-refractivity contribution is 9.10. The molecule has 0 heterocycles. The molecule has 2 rings (SSSR count). The number of hydrogen-bond acceptors (Lipinski definition) is 4. The SMILES string of the molecule is CCN(CC)c1ccc(/C=N\NC(=O)COc2ccc(C(C)(C)C)cc2Br)cc1. The van der Waals surface area contributed by atoms with Gasteiger partial charge in [-0.15, -0.1) is 0 Å². The van der Waals surface area contributed by atoms with E-state index < -0.39 is 0 Å². The van der Waals surface area contributed by atoms with E-state index in [4.69, 9.17) is 4.74 Å². The van der Waals surface area contributed by atoms with Crippen molar-refractivity contribution in [2.75, 3.05) is 24.6 Å². The molecule has 0 aliphatic heterocycles. The van der Waals surface area contributed by atoms with E-state index in [1.807, 2.05) is 30.3 Å². The van der Waals surface area contributed by atoms with Gasteiger partial charge in [-0.2, -0.15) is 5.10 Å². The van der Waals surface area contributed by atoms with E-state index in [1.54, 1.807) is 6.21 Å². The monoisotopic (exact) mass is 459 g/mol. The largest absolute Gasteiger partial charge is 0.483 e. The summed E-state index contributed by atoms with van der Waals surface area (Å²) in [6.45, 7) is 12.5. The lowest BCUT2D eigenvalue weighted by atomic mass is 9.87. The van der Waals surface area contributed by atoms with Gasteiger partial charge in [-0.1, -0.05) is 39.0 Å². The maximum atomic E-state index is 12.0. The quantitative estimate of drug-likeness (QED) is 0.440. The normalized spacial score (nSPS) is 11.5. The van der Waals surface area contributed by atoms with Crippen molar-refractivity contribution in [3.63, 3.8) is 0 Å². The van der Waals surface area contributed by atoms with E-state index >= 15 is 0 Å². The Kier molecular flexibility index (Phi) is 8.26. The molecule has 1 N–H and O–H groups in total. The standard InChI is InChI=1S/C23H30BrN3O2/c1-6-27(7-2)19-11-8-17(9-12-19)15-25-26-22(28)16-29-21-13-10-18(14-20(21)24)23(3,4)5/h8-15H,6-7,16H2,1-5H3,(H,26,28)/b25-15-. The number of nitrogens with one attached hydrogen (secondary N) is 1. The Balaban J connectivity index is 1.85. The lowest BCUT2D eigenvalue weighted by molar-refractivity contribution is -0.123. The highest BCUT2D eigenvalue weighted by Gasteiger charge is 2.15. The maximum Gasteiger partial charge on any atom is 0.277 e. The van der Waals surface area contributed by atoms with Crippen LogP contribution in [0.5, 0.6) is 5.75 Å². The molecule has 2 aromatic carbocycles. The lowest BCUT2D eigenvalue weighted by Gasteiger charge is -2.20. The van der Waals surface area contributed by atoms with Crippen molar-refractivity contribution < 1.29 is 9.53 Å². The highest BCUT2D eigenvalue weighted by atomic mass is 79.9. The van der Waals surface area contributed by atoms with E-state index in [9.17, 15) is 4.79 Å². The van der Waals surface area contributed by atoms with Crippen LogP contribution in [0.25, 0.3) is 0 Å². The second-order valence-electron chi connectivity index (χ2n) is 7.74. The van der Waals surface area contributed by atoms with Crippen LogP contribution in [0.1, 0.15) is 45.7 Å². The summed E-state index contributed by atoms with van der Waals surface area (Å²) in [5.41, 5.74) is 5.83. The van der Waals surface area contributed by atoms with Gasteiger partial charge in [-0.25, -0.2) is 5.43 Å². The van der Waals surface area contributed by atoms with Gasteiger partial charge in [-0.05, 0) is 70.6 Å². The summed E-state index contributed by atoms with van der Waals surface area (Å²) in [6.07, 6.45) is 1.62. The zero-order chi connectivity index (χ0) is 21.4. The Morgan fingerprint density at radius 2 is 1.79 bits per heavy atom. The van der Waals surface area contributed by atoms with E-state index in [-0.39, 0.29) is 17.9 Å². The first-order valence-electron chi connectivity index (χ1n) is 9.84. The summed E-state index contributed by atoms with van der Waals surface area (Å²) in [5.74, 6) is 0.317. The average Bonchev–Trinajstić information content (AvgIpc) is 2.68. The van der Waals surface area contributed by atoms with Crippen LogP contribution in [0.3, 0.4) is 0 Å². The number of ether oxygens (including phenoxy) is 1. The van der Waals surface area contributed by atoms with E-state index in [0.717, 1.165) is 23.1 Å². The molecule has 0 saturated heterocycles. The Bertz CT molecular complexity index is 838. The third kappa shape index (κ3) is 6.89. The van der Waals surface area contributed by atoms with Crippen LogP contribution in [-0.2, 0) is 10.2 Å². The van der Waals surface area contributed by atoms with Crippen molar-refractivity contribution >= 4 is 33.7 Å². The first-order valence-corrected chi connectivity index (χ1v) is 10.6. The summed E-state index contributed by atoms with van der Waals surface area (Å²) < 4.78 is 6.43. The summed E-state index contributed by atoms with van der Waals surface area (Å²) in [7, 11) is 0. The highest BCUT2D eigenvalue weighted by Crippen LogP contribution is 2.31. The smallest absolute Gasteiger partial charge is 0.277 e. The minimum atomic E-state index is -0.312. The van der Waals surface area contributed by atoms with Gasteiger partial charge in [0.2, 0.25) is 0 Å². The van der Waals surface area contributed by atoms with Crippen molar-refractivity contribution in [2.45, 2.75) is 40.0 Å². The fourth-order valence-electron chi connectivity index (χ4n) is 2.80. The van der Waals surface area contributed by atoms with Gasteiger partial charge in [0.25, 0.3) is 5.91 Å². The Labute approximate surface area is 182 Å². The van der Waals surface area contributed by atoms with Crippen LogP contribution < -0.4 is 15.1 Å². The molecule has 6 heteroatoms. The van der Waals surface area contributed by atoms with Crippen molar-refractivity contribution in [1.29, 1.82) is 0 Å². The first-order chi connectivity index (χ1) is 13.7. The summed E-state index contributed by atoms with van der Waals surface area (Å²) in [6, 6.07) is 14.0. The number of hydrazone groups is 1. The van der Waals surface area contributed by atoms with Crippen LogP contribution in [0.2, 0.25) is 0 Å². The molecule has 0 bridgehead atoms. The number of carbonyl (C=O) groups excluding carboxylic acids is 1.